The van der Waals surface area contributed by atoms with E-state index in [1.807, 2.05) is 0 Å². The Morgan fingerprint density at radius 3 is 0.455 bits per heavy atom. The van der Waals surface area contributed by atoms with Gasteiger partial charge in [-0.05, 0) is 34.6 Å². The molecule has 0 N–H and O–H groups in total. The summed E-state index contributed by atoms with van der Waals surface area (Å²) in [6, 6.07) is 0. The molecular formula is C10H15CoO10Ru. The predicted molar refractivity (Wildman–Crippen MR) is 53.4 cm³/mol. The minimum Gasteiger partial charge on any atom is -0.550 e. The Balaban J connectivity index is -0.0000000250. The molecule has 10 nitrogen and oxygen atoms in total. The smallest absolute Gasteiger partial charge is 0.550 e. The molecule has 2 radical (unpaired) electrons. The third-order valence-electron chi connectivity index (χ3n) is 0. The van der Waals surface area contributed by atoms with Crippen LogP contribution in [-0.2, 0) is 60.2 Å². The third-order valence-corrected chi connectivity index (χ3v) is 0. The zero-order chi connectivity index (χ0) is 17.9. The minimum absolute atomic E-state index is 0. The molecule has 0 aromatic carbocycles. The summed E-state index contributed by atoms with van der Waals surface area (Å²) in [5.74, 6) is -5.42. The van der Waals surface area contributed by atoms with E-state index in [1.54, 1.807) is 0 Å². The van der Waals surface area contributed by atoms with Gasteiger partial charge in [-0.25, -0.2) is 0 Å². The molecule has 0 rings (SSSR count). The van der Waals surface area contributed by atoms with Gasteiger partial charge in [-0.2, -0.15) is 0 Å². The molecule has 0 aromatic rings. The molecule has 0 atom stereocenters. The summed E-state index contributed by atoms with van der Waals surface area (Å²) in [4.78, 5) is 44.4. The first-order valence-corrected chi connectivity index (χ1v) is 4.54. The van der Waals surface area contributed by atoms with Crippen molar-refractivity contribution in [1.29, 1.82) is 0 Å². The average molecular weight is 455 g/mol. The molecule has 0 aliphatic rings. The fraction of sp³-hybridized carbons (Fsp3) is 0.500. The number of carbonyl (C=O) groups is 5. The third kappa shape index (κ3) is 2440. The number of aliphatic carboxylic acids is 5. The van der Waals surface area contributed by atoms with Crippen LogP contribution in [0.15, 0.2) is 0 Å². The van der Waals surface area contributed by atoms with Gasteiger partial charge >= 0.3 is 36.3 Å². The molecule has 0 aromatic heterocycles. The van der Waals surface area contributed by atoms with Crippen LogP contribution in [0.25, 0.3) is 0 Å². The fourth-order valence-corrected chi connectivity index (χ4v) is 0. The van der Waals surface area contributed by atoms with E-state index in [2.05, 4.69) is 0 Å². The summed E-state index contributed by atoms with van der Waals surface area (Å²) >= 11 is 0. The van der Waals surface area contributed by atoms with Crippen LogP contribution in [0.4, 0.5) is 0 Å². The first-order chi connectivity index (χ1) is 8.66. The number of hydrogen-bond acceptors (Lipinski definition) is 10. The molecule has 0 heterocycles. The van der Waals surface area contributed by atoms with Crippen molar-refractivity contribution in [2.45, 2.75) is 34.6 Å². The number of carboxylic acid groups (broad SMARTS) is 5. The maximum Gasteiger partial charge on any atom is 3.00 e. The van der Waals surface area contributed by atoms with Crippen LogP contribution in [0, 0.1) is 0 Å². The monoisotopic (exact) mass is 456 g/mol. The second-order valence-corrected chi connectivity index (χ2v) is 2.46. The molecule has 0 amide bonds. The Labute approximate surface area is 150 Å². The Bertz CT molecular complexity index is 216. The molecule has 0 fully saturated rings. The standard InChI is InChI=1S/5C2H4O2.Co.Ru/c5*1-2(3)4;;/h5*1H3,(H,3,4);;/q;;;;;+2;+3/p-5. The fourth-order valence-electron chi connectivity index (χ4n) is 0. The maximum atomic E-state index is 8.89. The first kappa shape index (κ1) is 42.8. The van der Waals surface area contributed by atoms with E-state index >= 15 is 0 Å². The average Bonchev–Trinajstić information content (AvgIpc) is 1.94. The summed E-state index contributed by atoms with van der Waals surface area (Å²) in [6.07, 6.45) is 0. The van der Waals surface area contributed by atoms with E-state index in [0.29, 0.717) is 0 Å². The summed E-state index contributed by atoms with van der Waals surface area (Å²) in [6.45, 7) is 4.86. The molecule has 0 unspecified atom stereocenters. The number of rotatable bonds is 0. The number of hydrogen-bond donors (Lipinski definition) is 0. The van der Waals surface area contributed by atoms with Crippen molar-refractivity contribution in [3.05, 3.63) is 0 Å². The Kier molecular flexibility index (Phi) is 71.2. The van der Waals surface area contributed by atoms with Crippen LogP contribution >= 0.6 is 0 Å². The van der Waals surface area contributed by atoms with Gasteiger partial charge < -0.3 is 49.5 Å². The van der Waals surface area contributed by atoms with Gasteiger partial charge in [-0.15, -0.1) is 0 Å². The molecule has 0 saturated heterocycles. The SMILES string of the molecule is CC(=O)[O-].CC(=O)[O-].CC(=O)[O-].CC(=O)[O-].CC(=O)[O-].[Co+2].[Ru+3]. The van der Waals surface area contributed by atoms with Crippen molar-refractivity contribution in [3.8, 4) is 0 Å². The van der Waals surface area contributed by atoms with Gasteiger partial charge in [0.15, 0.2) is 0 Å². The second kappa shape index (κ2) is 36.6. The summed E-state index contributed by atoms with van der Waals surface area (Å²) in [5, 5.41) is 44.4. The van der Waals surface area contributed by atoms with E-state index in [0.717, 1.165) is 34.6 Å². The number of carbonyl (C=O) groups excluding carboxylic acids is 5. The van der Waals surface area contributed by atoms with Crippen LogP contribution in [0.2, 0.25) is 0 Å². The summed E-state index contributed by atoms with van der Waals surface area (Å²) in [5.41, 5.74) is 0. The van der Waals surface area contributed by atoms with Crippen LogP contribution in [0.5, 0.6) is 0 Å². The quantitative estimate of drug-likeness (QED) is 0.316. The van der Waals surface area contributed by atoms with Crippen molar-refractivity contribution in [1.82, 2.24) is 0 Å². The molecule has 12 heteroatoms. The molecular weight excluding hydrogens is 440 g/mol. The Morgan fingerprint density at radius 1 is 0.455 bits per heavy atom. The van der Waals surface area contributed by atoms with Crippen LogP contribution < -0.4 is 25.5 Å². The molecule has 22 heavy (non-hydrogen) atoms. The largest absolute Gasteiger partial charge is 3.00 e. The van der Waals surface area contributed by atoms with Gasteiger partial charge in [-0.3, -0.25) is 0 Å². The van der Waals surface area contributed by atoms with E-state index in [1.165, 1.54) is 0 Å². The van der Waals surface area contributed by atoms with E-state index in [-0.39, 0.29) is 36.3 Å². The van der Waals surface area contributed by atoms with Crippen molar-refractivity contribution < 1.29 is 85.8 Å². The van der Waals surface area contributed by atoms with Crippen LogP contribution in [0.1, 0.15) is 34.6 Å². The van der Waals surface area contributed by atoms with E-state index in [4.69, 9.17) is 49.5 Å². The zero-order valence-corrected chi connectivity index (χ0v) is 15.0. The molecule has 0 spiro atoms. The van der Waals surface area contributed by atoms with Gasteiger partial charge in [0.25, 0.3) is 0 Å². The van der Waals surface area contributed by atoms with Gasteiger partial charge in [0, 0.05) is 29.8 Å². The van der Waals surface area contributed by atoms with Gasteiger partial charge in [-0.1, -0.05) is 0 Å². The predicted octanol–water partition coefficient (Wildman–Crippen LogP) is -6.22. The van der Waals surface area contributed by atoms with Gasteiger partial charge in [0.05, 0.1) is 0 Å². The molecule has 0 aliphatic carbocycles. The maximum absolute atomic E-state index is 8.89. The topological polar surface area (TPSA) is 201 Å². The summed E-state index contributed by atoms with van der Waals surface area (Å²) in [7, 11) is 0. The summed E-state index contributed by atoms with van der Waals surface area (Å²) < 4.78 is 0. The van der Waals surface area contributed by atoms with Gasteiger partial charge in [0.1, 0.15) is 0 Å². The van der Waals surface area contributed by atoms with Crippen molar-refractivity contribution in [2.75, 3.05) is 0 Å². The van der Waals surface area contributed by atoms with E-state index < -0.39 is 29.8 Å². The first-order valence-electron chi connectivity index (χ1n) is 4.54. The van der Waals surface area contributed by atoms with Crippen molar-refractivity contribution in [2.24, 2.45) is 0 Å². The zero-order valence-electron chi connectivity index (χ0n) is 12.3. The second-order valence-electron chi connectivity index (χ2n) is 2.46. The van der Waals surface area contributed by atoms with Gasteiger partial charge in [0.2, 0.25) is 0 Å². The molecule has 0 saturated carbocycles. The molecule has 0 aliphatic heterocycles. The van der Waals surface area contributed by atoms with E-state index in [9.17, 15) is 0 Å². The van der Waals surface area contributed by atoms with Crippen molar-refractivity contribution >= 4 is 29.8 Å². The number of carboxylic acids is 5. The Hall–Kier alpha value is -1.52. The Morgan fingerprint density at radius 2 is 0.455 bits per heavy atom. The van der Waals surface area contributed by atoms with Crippen LogP contribution in [0.3, 0.4) is 0 Å². The molecule has 0 bridgehead atoms. The van der Waals surface area contributed by atoms with Crippen LogP contribution in [-0.4, -0.2) is 29.8 Å². The van der Waals surface area contributed by atoms with Crippen molar-refractivity contribution in [3.63, 3.8) is 0 Å². The molecule has 132 valence electrons. The minimum atomic E-state index is -1.08. The normalized spacial score (nSPS) is 5.68.